The van der Waals surface area contributed by atoms with Gasteiger partial charge in [0.05, 0.1) is 12.0 Å². The van der Waals surface area contributed by atoms with E-state index in [4.69, 9.17) is 0 Å². The molecule has 1 saturated heterocycles. The van der Waals surface area contributed by atoms with Crippen molar-refractivity contribution in [1.29, 1.82) is 0 Å². The minimum Gasteiger partial charge on any atom is -0.481 e. The molecule has 1 heterocycles. The number of amides is 1. The van der Waals surface area contributed by atoms with Crippen LogP contribution in [0.3, 0.4) is 0 Å². The maximum absolute atomic E-state index is 12.0. The molecule has 5 nitrogen and oxygen atoms in total. The Morgan fingerprint density at radius 2 is 2.15 bits per heavy atom. The highest BCUT2D eigenvalue weighted by molar-refractivity contribution is 7.99. The Hall–Kier alpha value is -1.53. The van der Waals surface area contributed by atoms with Gasteiger partial charge in [0.15, 0.2) is 0 Å². The van der Waals surface area contributed by atoms with Crippen LogP contribution in [0.4, 0.5) is 0 Å². The third-order valence-corrected chi connectivity index (χ3v) is 4.28. The highest BCUT2D eigenvalue weighted by Crippen LogP contribution is 2.15. The molecule has 3 N–H and O–H groups in total. The smallest absolute Gasteiger partial charge is 0.312 e. The molecule has 108 valence electrons. The van der Waals surface area contributed by atoms with Gasteiger partial charge in [0.25, 0.3) is 0 Å². The quantitative estimate of drug-likeness (QED) is 0.744. The van der Waals surface area contributed by atoms with Crippen LogP contribution >= 0.6 is 11.8 Å². The van der Waals surface area contributed by atoms with Gasteiger partial charge in [-0.1, -0.05) is 30.3 Å². The summed E-state index contributed by atoms with van der Waals surface area (Å²) in [6.07, 6.45) is 0. The average molecular weight is 294 g/mol. The summed E-state index contributed by atoms with van der Waals surface area (Å²) in [5.41, 5.74) is 0.700. The average Bonchev–Trinajstić information content (AvgIpc) is 2.49. The molecule has 2 rings (SSSR count). The number of thioether (sulfide) groups is 1. The van der Waals surface area contributed by atoms with E-state index < -0.39 is 11.9 Å². The number of rotatable bonds is 5. The second-order valence-corrected chi connectivity index (χ2v) is 5.78. The minimum absolute atomic E-state index is 0.112. The summed E-state index contributed by atoms with van der Waals surface area (Å²) in [4.78, 5) is 23.3. The van der Waals surface area contributed by atoms with E-state index in [1.165, 1.54) is 0 Å². The summed E-state index contributed by atoms with van der Waals surface area (Å²) in [6, 6.07) is 8.74. The van der Waals surface area contributed by atoms with Crippen molar-refractivity contribution >= 4 is 23.6 Å². The number of benzene rings is 1. The molecule has 1 aromatic carbocycles. The van der Waals surface area contributed by atoms with Gasteiger partial charge in [-0.15, -0.1) is 0 Å². The summed E-state index contributed by atoms with van der Waals surface area (Å²) in [7, 11) is 0. The minimum atomic E-state index is -0.928. The molecule has 6 heteroatoms. The third-order valence-electron chi connectivity index (χ3n) is 3.22. The Morgan fingerprint density at radius 1 is 1.40 bits per heavy atom. The first-order valence-corrected chi connectivity index (χ1v) is 7.70. The molecule has 0 bridgehead atoms. The van der Waals surface area contributed by atoms with Crippen molar-refractivity contribution < 1.29 is 14.7 Å². The van der Waals surface area contributed by atoms with Gasteiger partial charge in [-0.05, 0) is 5.56 Å². The van der Waals surface area contributed by atoms with Crippen LogP contribution in [-0.2, 0) is 9.59 Å². The van der Waals surface area contributed by atoms with Gasteiger partial charge in [0, 0.05) is 24.6 Å². The van der Waals surface area contributed by atoms with E-state index in [0.29, 0.717) is 5.56 Å². The Bertz CT molecular complexity index is 461. The van der Waals surface area contributed by atoms with Gasteiger partial charge >= 0.3 is 5.97 Å². The lowest BCUT2D eigenvalue weighted by atomic mass is 9.99. The standard InChI is InChI=1S/C14H18N2O3S/c17-13(12-9-20-7-6-15-12)16-8-11(14(18)19)10-4-2-1-3-5-10/h1-5,11-12,15H,6-9H2,(H,16,17)(H,18,19). The van der Waals surface area contributed by atoms with Crippen molar-refractivity contribution in [2.75, 3.05) is 24.6 Å². The van der Waals surface area contributed by atoms with Gasteiger partial charge in [-0.2, -0.15) is 11.8 Å². The molecular formula is C14H18N2O3S. The van der Waals surface area contributed by atoms with Crippen LogP contribution in [0.5, 0.6) is 0 Å². The fraction of sp³-hybridized carbons (Fsp3) is 0.429. The highest BCUT2D eigenvalue weighted by Gasteiger charge is 2.24. The molecule has 2 unspecified atom stereocenters. The van der Waals surface area contributed by atoms with E-state index in [1.807, 2.05) is 6.07 Å². The number of hydrogen-bond acceptors (Lipinski definition) is 4. The van der Waals surface area contributed by atoms with Crippen LogP contribution in [0.1, 0.15) is 11.5 Å². The maximum atomic E-state index is 12.0. The van der Waals surface area contributed by atoms with Crippen molar-refractivity contribution in [3.8, 4) is 0 Å². The van der Waals surface area contributed by atoms with Gasteiger partial charge in [-0.3, -0.25) is 9.59 Å². The molecule has 1 aliphatic rings. The van der Waals surface area contributed by atoms with Crippen LogP contribution in [0.25, 0.3) is 0 Å². The first kappa shape index (κ1) is 14.9. The number of carboxylic acid groups (broad SMARTS) is 1. The molecule has 1 amide bonds. The largest absolute Gasteiger partial charge is 0.481 e. The van der Waals surface area contributed by atoms with E-state index in [-0.39, 0.29) is 18.5 Å². The zero-order valence-electron chi connectivity index (χ0n) is 11.0. The van der Waals surface area contributed by atoms with Gasteiger partial charge in [0.1, 0.15) is 0 Å². The molecule has 2 atom stereocenters. The lowest BCUT2D eigenvalue weighted by molar-refractivity contribution is -0.138. The summed E-state index contributed by atoms with van der Waals surface area (Å²) < 4.78 is 0. The molecule has 0 aliphatic carbocycles. The number of carboxylic acids is 1. The van der Waals surface area contributed by atoms with Crippen molar-refractivity contribution in [3.63, 3.8) is 0 Å². The van der Waals surface area contributed by atoms with Crippen LogP contribution < -0.4 is 10.6 Å². The van der Waals surface area contributed by atoms with Gasteiger partial charge in [-0.25, -0.2) is 0 Å². The number of nitrogens with one attached hydrogen (secondary N) is 2. The predicted octanol–water partition coefficient (Wildman–Crippen LogP) is 0.676. The summed E-state index contributed by atoms with van der Waals surface area (Å²) >= 11 is 1.73. The molecular weight excluding hydrogens is 276 g/mol. The van der Waals surface area contributed by atoms with E-state index in [9.17, 15) is 14.7 Å². The number of hydrogen-bond donors (Lipinski definition) is 3. The predicted molar refractivity (Wildman–Crippen MR) is 78.9 cm³/mol. The van der Waals surface area contributed by atoms with Crippen LogP contribution in [0, 0.1) is 0 Å². The molecule has 1 aromatic rings. The molecule has 0 radical (unpaired) electrons. The second-order valence-electron chi connectivity index (χ2n) is 4.63. The Balaban J connectivity index is 1.92. The SMILES string of the molecule is O=C(NCC(C(=O)O)c1ccccc1)C1CSCCN1. The lowest BCUT2D eigenvalue weighted by Crippen LogP contribution is -2.49. The maximum Gasteiger partial charge on any atom is 0.312 e. The van der Waals surface area contributed by atoms with Crippen molar-refractivity contribution in [2.45, 2.75) is 12.0 Å². The zero-order chi connectivity index (χ0) is 14.4. The summed E-state index contributed by atoms with van der Waals surface area (Å²) in [5.74, 6) is -0.0289. The Labute approximate surface area is 122 Å². The molecule has 1 aliphatic heterocycles. The van der Waals surface area contributed by atoms with Crippen LogP contribution in [-0.4, -0.2) is 47.6 Å². The van der Waals surface area contributed by atoms with Crippen molar-refractivity contribution in [3.05, 3.63) is 35.9 Å². The van der Waals surface area contributed by atoms with E-state index in [0.717, 1.165) is 18.1 Å². The fourth-order valence-electron chi connectivity index (χ4n) is 2.09. The zero-order valence-corrected chi connectivity index (χ0v) is 11.9. The monoisotopic (exact) mass is 294 g/mol. The van der Waals surface area contributed by atoms with Gasteiger partial charge < -0.3 is 15.7 Å². The van der Waals surface area contributed by atoms with Crippen molar-refractivity contribution in [1.82, 2.24) is 10.6 Å². The third kappa shape index (κ3) is 3.98. The molecule has 1 fully saturated rings. The highest BCUT2D eigenvalue weighted by atomic mass is 32.2. The Kier molecular flexibility index (Phi) is 5.43. The fourth-order valence-corrected chi connectivity index (χ4v) is 3.03. The molecule has 0 aromatic heterocycles. The Morgan fingerprint density at radius 3 is 2.75 bits per heavy atom. The normalized spacial score (nSPS) is 20.1. The van der Waals surface area contributed by atoms with E-state index in [2.05, 4.69) is 10.6 Å². The molecule has 0 spiro atoms. The summed E-state index contributed by atoms with van der Waals surface area (Å²) in [5, 5.41) is 15.1. The first-order chi connectivity index (χ1) is 9.68. The molecule has 0 saturated carbocycles. The first-order valence-electron chi connectivity index (χ1n) is 6.55. The van der Waals surface area contributed by atoms with Crippen LogP contribution in [0.15, 0.2) is 30.3 Å². The van der Waals surface area contributed by atoms with Crippen LogP contribution in [0.2, 0.25) is 0 Å². The van der Waals surface area contributed by atoms with Gasteiger partial charge in [0.2, 0.25) is 5.91 Å². The summed E-state index contributed by atoms with van der Waals surface area (Å²) in [6.45, 7) is 0.921. The van der Waals surface area contributed by atoms with Crippen molar-refractivity contribution in [2.24, 2.45) is 0 Å². The number of aliphatic carboxylic acids is 1. The number of carbonyl (C=O) groups excluding carboxylic acids is 1. The number of carbonyl (C=O) groups is 2. The second kappa shape index (κ2) is 7.31. The van der Waals surface area contributed by atoms with E-state index in [1.54, 1.807) is 36.0 Å². The molecule has 20 heavy (non-hydrogen) atoms. The topological polar surface area (TPSA) is 78.4 Å². The lowest BCUT2D eigenvalue weighted by Gasteiger charge is -2.23. The van der Waals surface area contributed by atoms with E-state index >= 15 is 0 Å².